The van der Waals surface area contributed by atoms with Gasteiger partial charge in [-0.25, -0.2) is 0 Å². The van der Waals surface area contributed by atoms with Gasteiger partial charge in [-0.3, -0.25) is 4.79 Å². The molecule has 1 unspecified atom stereocenters. The van der Waals surface area contributed by atoms with E-state index in [1.54, 1.807) is 0 Å². The number of hydrogen-bond acceptors (Lipinski definition) is 3. The predicted molar refractivity (Wildman–Crippen MR) is 81.6 cm³/mol. The molecule has 4 nitrogen and oxygen atoms in total. The molecule has 4 heteroatoms. The van der Waals surface area contributed by atoms with Gasteiger partial charge in [-0.15, -0.1) is 0 Å². The van der Waals surface area contributed by atoms with Crippen LogP contribution in [0.3, 0.4) is 0 Å². The third-order valence-electron chi connectivity index (χ3n) is 4.27. The molecule has 114 valence electrons. The number of amides is 1. The Hall–Kier alpha value is -1.39. The van der Waals surface area contributed by atoms with E-state index in [1.165, 1.54) is 11.1 Å². The number of nitrogens with zero attached hydrogens (tertiary/aromatic N) is 1. The molecule has 0 aliphatic carbocycles. The fourth-order valence-electron chi connectivity index (χ4n) is 3.23. The molecule has 2 heterocycles. The second-order valence-electron chi connectivity index (χ2n) is 5.88. The number of hydrogen-bond donors (Lipinski definition) is 0. The van der Waals surface area contributed by atoms with E-state index in [2.05, 4.69) is 25.1 Å². The third kappa shape index (κ3) is 3.27. The van der Waals surface area contributed by atoms with Gasteiger partial charge in [0.25, 0.3) is 5.91 Å². The molecule has 0 N–H and O–H groups in total. The summed E-state index contributed by atoms with van der Waals surface area (Å²) in [4.78, 5) is 14.3. The standard InChI is InChI=1S/C17H23NO3/c1-13-5-2-6-14-7-3-9-18(17(13)14)16(19)12-20-11-15-8-4-10-21-15/h2,5-6,15H,3-4,7-12H2,1H3. The fraction of sp³-hybridized carbons (Fsp3) is 0.588. The van der Waals surface area contributed by atoms with Crippen LogP contribution >= 0.6 is 0 Å². The summed E-state index contributed by atoms with van der Waals surface area (Å²) >= 11 is 0. The van der Waals surface area contributed by atoms with Crippen molar-refractivity contribution < 1.29 is 14.3 Å². The molecule has 0 aromatic heterocycles. The van der Waals surface area contributed by atoms with Crippen molar-refractivity contribution in [3.63, 3.8) is 0 Å². The van der Waals surface area contributed by atoms with Crippen LogP contribution in [-0.4, -0.2) is 38.4 Å². The second-order valence-corrected chi connectivity index (χ2v) is 5.88. The van der Waals surface area contributed by atoms with Crippen LogP contribution in [0, 0.1) is 6.92 Å². The van der Waals surface area contributed by atoms with Crippen LogP contribution in [0.1, 0.15) is 30.4 Å². The minimum atomic E-state index is 0.0586. The zero-order valence-electron chi connectivity index (χ0n) is 12.6. The van der Waals surface area contributed by atoms with Gasteiger partial charge in [0.15, 0.2) is 0 Å². The number of aryl methyl sites for hydroxylation is 2. The number of carbonyl (C=O) groups is 1. The van der Waals surface area contributed by atoms with Gasteiger partial charge < -0.3 is 14.4 Å². The molecule has 2 aliphatic rings. The van der Waals surface area contributed by atoms with E-state index in [1.807, 2.05) is 4.90 Å². The zero-order valence-corrected chi connectivity index (χ0v) is 12.6. The topological polar surface area (TPSA) is 38.8 Å². The van der Waals surface area contributed by atoms with E-state index >= 15 is 0 Å². The van der Waals surface area contributed by atoms with Gasteiger partial charge in [0.1, 0.15) is 6.61 Å². The van der Waals surface area contributed by atoms with Crippen molar-refractivity contribution in [1.82, 2.24) is 0 Å². The average molecular weight is 289 g/mol. The van der Waals surface area contributed by atoms with E-state index in [0.29, 0.717) is 6.61 Å². The average Bonchev–Trinajstić information content (AvgIpc) is 3.00. The van der Waals surface area contributed by atoms with E-state index in [0.717, 1.165) is 44.5 Å². The molecule has 0 saturated carbocycles. The predicted octanol–water partition coefficient (Wildman–Crippen LogP) is 2.47. The molecule has 21 heavy (non-hydrogen) atoms. The zero-order chi connectivity index (χ0) is 14.7. The first kappa shape index (κ1) is 14.5. The minimum absolute atomic E-state index is 0.0586. The van der Waals surface area contributed by atoms with Crippen molar-refractivity contribution in [2.45, 2.75) is 38.7 Å². The highest BCUT2D eigenvalue weighted by atomic mass is 16.5. The van der Waals surface area contributed by atoms with Gasteiger partial charge in [0, 0.05) is 18.8 Å². The molecular formula is C17H23NO3. The smallest absolute Gasteiger partial charge is 0.252 e. The SMILES string of the molecule is Cc1cccc2c1N(C(=O)COCC1CCCO1)CCC2. The van der Waals surface area contributed by atoms with Crippen LogP contribution in [-0.2, 0) is 20.7 Å². The number of benzene rings is 1. The Morgan fingerprint density at radius 3 is 3.14 bits per heavy atom. The van der Waals surface area contributed by atoms with Gasteiger partial charge in [0.05, 0.1) is 12.7 Å². The number of anilines is 1. The summed E-state index contributed by atoms with van der Waals surface area (Å²) in [7, 11) is 0. The van der Waals surface area contributed by atoms with Crippen molar-refractivity contribution in [1.29, 1.82) is 0 Å². The molecular weight excluding hydrogens is 266 g/mol. The van der Waals surface area contributed by atoms with E-state index in [-0.39, 0.29) is 18.6 Å². The summed E-state index contributed by atoms with van der Waals surface area (Å²) in [6, 6.07) is 6.25. The number of carbonyl (C=O) groups excluding carboxylic acids is 1. The van der Waals surface area contributed by atoms with Crippen molar-refractivity contribution in [3.8, 4) is 0 Å². The highest BCUT2D eigenvalue weighted by molar-refractivity contribution is 5.96. The molecule has 1 atom stereocenters. The first-order chi connectivity index (χ1) is 10.3. The molecule has 1 aromatic rings. The van der Waals surface area contributed by atoms with Gasteiger partial charge in [0.2, 0.25) is 0 Å². The molecule has 0 spiro atoms. The van der Waals surface area contributed by atoms with Crippen LogP contribution in [0.5, 0.6) is 0 Å². The first-order valence-corrected chi connectivity index (χ1v) is 7.84. The van der Waals surface area contributed by atoms with Crippen molar-refractivity contribution in [2.75, 3.05) is 31.3 Å². The Bertz CT molecular complexity index is 509. The Balaban J connectivity index is 1.60. The number of rotatable bonds is 4. The highest BCUT2D eigenvalue weighted by Gasteiger charge is 2.24. The Morgan fingerprint density at radius 2 is 2.33 bits per heavy atom. The second kappa shape index (κ2) is 6.58. The van der Waals surface area contributed by atoms with E-state index in [9.17, 15) is 4.79 Å². The van der Waals surface area contributed by atoms with Crippen molar-refractivity contribution in [3.05, 3.63) is 29.3 Å². The summed E-state index contributed by atoms with van der Waals surface area (Å²) in [5, 5.41) is 0. The lowest BCUT2D eigenvalue weighted by Crippen LogP contribution is -2.39. The normalized spacial score (nSPS) is 21.4. The molecule has 2 aliphatic heterocycles. The summed E-state index contributed by atoms with van der Waals surface area (Å²) < 4.78 is 11.1. The summed E-state index contributed by atoms with van der Waals surface area (Å²) in [5.41, 5.74) is 3.53. The first-order valence-electron chi connectivity index (χ1n) is 7.84. The van der Waals surface area contributed by atoms with Crippen LogP contribution in [0.2, 0.25) is 0 Å². The maximum Gasteiger partial charge on any atom is 0.252 e. The molecule has 1 fully saturated rings. The van der Waals surface area contributed by atoms with Gasteiger partial charge >= 0.3 is 0 Å². The van der Waals surface area contributed by atoms with Crippen LogP contribution in [0.15, 0.2) is 18.2 Å². The number of para-hydroxylation sites is 1. The van der Waals surface area contributed by atoms with E-state index < -0.39 is 0 Å². The fourth-order valence-corrected chi connectivity index (χ4v) is 3.23. The highest BCUT2D eigenvalue weighted by Crippen LogP contribution is 2.30. The van der Waals surface area contributed by atoms with Gasteiger partial charge in [-0.05, 0) is 43.7 Å². The Morgan fingerprint density at radius 1 is 1.43 bits per heavy atom. The van der Waals surface area contributed by atoms with Gasteiger partial charge in [-0.2, -0.15) is 0 Å². The maximum atomic E-state index is 12.4. The van der Waals surface area contributed by atoms with Crippen LogP contribution in [0.25, 0.3) is 0 Å². The lowest BCUT2D eigenvalue weighted by Gasteiger charge is -2.31. The largest absolute Gasteiger partial charge is 0.376 e. The van der Waals surface area contributed by atoms with Crippen molar-refractivity contribution >= 4 is 11.6 Å². The Kier molecular flexibility index (Phi) is 4.56. The summed E-state index contributed by atoms with van der Waals surface area (Å²) in [6.45, 7) is 4.35. The molecule has 1 saturated heterocycles. The van der Waals surface area contributed by atoms with Gasteiger partial charge in [-0.1, -0.05) is 18.2 Å². The lowest BCUT2D eigenvalue weighted by molar-refractivity contribution is -0.124. The summed E-state index contributed by atoms with van der Waals surface area (Å²) in [6.07, 6.45) is 4.39. The third-order valence-corrected chi connectivity index (χ3v) is 4.27. The molecule has 3 rings (SSSR count). The molecule has 0 bridgehead atoms. The number of ether oxygens (including phenoxy) is 2. The maximum absolute atomic E-state index is 12.4. The van der Waals surface area contributed by atoms with E-state index in [4.69, 9.17) is 9.47 Å². The Labute approximate surface area is 126 Å². The summed E-state index contributed by atoms with van der Waals surface area (Å²) in [5.74, 6) is 0.0586. The number of fused-ring (bicyclic) bond motifs is 1. The van der Waals surface area contributed by atoms with Crippen molar-refractivity contribution in [2.24, 2.45) is 0 Å². The van der Waals surface area contributed by atoms with Crippen LogP contribution in [0.4, 0.5) is 5.69 Å². The molecule has 1 aromatic carbocycles. The van der Waals surface area contributed by atoms with Crippen LogP contribution < -0.4 is 4.90 Å². The lowest BCUT2D eigenvalue weighted by atomic mass is 9.98. The monoisotopic (exact) mass is 289 g/mol. The molecule has 1 amide bonds. The molecule has 0 radical (unpaired) electrons. The minimum Gasteiger partial charge on any atom is -0.376 e. The quantitative estimate of drug-likeness (QED) is 0.854.